The van der Waals surface area contributed by atoms with E-state index in [1.54, 1.807) is 25.4 Å². The van der Waals surface area contributed by atoms with Crippen LogP contribution in [-0.4, -0.2) is 17.1 Å². The molecular formula is C9H8N2O2. The minimum atomic E-state index is -0.124. The van der Waals surface area contributed by atoms with Crippen molar-refractivity contribution in [3.05, 3.63) is 34.7 Å². The SMILES string of the molecule is COc1nccc2[nH]c(=O)ccc12. The first-order valence-corrected chi connectivity index (χ1v) is 3.83. The van der Waals surface area contributed by atoms with Crippen LogP contribution >= 0.6 is 0 Å². The van der Waals surface area contributed by atoms with Crippen LogP contribution in [0.1, 0.15) is 0 Å². The molecule has 0 bridgehead atoms. The van der Waals surface area contributed by atoms with Gasteiger partial charge in [-0.25, -0.2) is 4.98 Å². The molecule has 0 saturated carbocycles. The second-order valence-corrected chi connectivity index (χ2v) is 2.60. The summed E-state index contributed by atoms with van der Waals surface area (Å²) < 4.78 is 5.03. The smallest absolute Gasteiger partial charge is 0.248 e. The van der Waals surface area contributed by atoms with Crippen molar-refractivity contribution >= 4 is 10.9 Å². The molecule has 66 valence electrons. The predicted octanol–water partition coefficient (Wildman–Crippen LogP) is 0.932. The number of methoxy groups -OCH3 is 1. The standard InChI is InChI=1S/C9H8N2O2/c1-13-9-6-2-3-8(12)11-7(6)4-5-10-9/h2-5H,1H3,(H,11,12). The fourth-order valence-corrected chi connectivity index (χ4v) is 1.22. The number of hydrogen-bond donors (Lipinski definition) is 1. The highest BCUT2D eigenvalue weighted by Crippen LogP contribution is 2.18. The summed E-state index contributed by atoms with van der Waals surface area (Å²) in [6.07, 6.45) is 1.59. The quantitative estimate of drug-likeness (QED) is 0.703. The van der Waals surface area contributed by atoms with Crippen molar-refractivity contribution < 1.29 is 4.74 Å². The fourth-order valence-electron chi connectivity index (χ4n) is 1.22. The van der Waals surface area contributed by atoms with E-state index in [2.05, 4.69) is 9.97 Å². The molecule has 2 rings (SSSR count). The van der Waals surface area contributed by atoms with E-state index in [0.29, 0.717) is 5.88 Å². The summed E-state index contributed by atoms with van der Waals surface area (Å²) >= 11 is 0. The van der Waals surface area contributed by atoms with Gasteiger partial charge in [0.05, 0.1) is 18.0 Å². The van der Waals surface area contributed by atoms with Crippen molar-refractivity contribution in [3.63, 3.8) is 0 Å². The van der Waals surface area contributed by atoms with Crippen molar-refractivity contribution in [3.8, 4) is 5.88 Å². The van der Waals surface area contributed by atoms with Crippen LogP contribution in [0.4, 0.5) is 0 Å². The van der Waals surface area contributed by atoms with Crippen LogP contribution in [0.5, 0.6) is 5.88 Å². The van der Waals surface area contributed by atoms with E-state index in [4.69, 9.17) is 4.74 Å². The highest BCUT2D eigenvalue weighted by atomic mass is 16.5. The summed E-state index contributed by atoms with van der Waals surface area (Å²) in [5.41, 5.74) is 0.611. The summed E-state index contributed by atoms with van der Waals surface area (Å²) in [6.45, 7) is 0. The number of ether oxygens (including phenoxy) is 1. The number of rotatable bonds is 1. The molecule has 4 nitrogen and oxygen atoms in total. The van der Waals surface area contributed by atoms with Crippen LogP contribution in [-0.2, 0) is 0 Å². The van der Waals surface area contributed by atoms with E-state index in [-0.39, 0.29) is 5.56 Å². The van der Waals surface area contributed by atoms with E-state index in [1.807, 2.05) is 0 Å². The number of hydrogen-bond acceptors (Lipinski definition) is 3. The second-order valence-electron chi connectivity index (χ2n) is 2.60. The van der Waals surface area contributed by atoms with Gasteiger partial charge in [0.1, 0.15) is 0 Å². The van der Waals surface area contributed by atoms with Gasteiger partial charge in [-0.05, 0) is 12.1 Å². The lowest BCUT2D eigenvalue weighted by Crippen LogP contribution is -2.03. The third kappa shape index (κ3) is 1.26. The first kappa shape index (κ1) is 7.79. The van der Waals surface area contributed by atoms with Crippen LogP contribution < -0.4 is 10.3 Å². The lowest BCUT2D eigenvalue weighted by atomic mass is 10.2. The van der Waals surface area contributed by atoms with Gasteiger partial charge in [0.15, 0.2) is 0 Å². The lowest BCUT2D eigenvalue weighted by molar-refractivity contribution is 0.403. The van der Waals surface area contributed by atoms with Gasteiger partial charge in [-0.1, -0.05) is 0 Å². The molecular weight excluding hydrogens is 168 g/mol. The molecule has 4 heteroatoms. The Morgan fingerprint density at radius 1 is 1.38 bits per heavy atom. The monoisotopic (exact) mass is 176 g/mol. The van der Waals surface area contributed by atoms with Crippen LogP contribution in [0.25, 0.3) is 10.9 Å². The molecule has 2 aromatic rings. The zero-order valence-electron chi connectivity index (χ0n) is 7.07. The van der Waals surface area contributed by atoms with Crippen LogP contribution in [0.15, 0.2) is 29.2 Å². The molecule has 13 heavy (non-hydrogen) atoms. The molecule has 0 atom stereocenters. The molecule has 0 aliphatic heterocycles. The fraction of sp³-hybridized carbons (Fsp3) is 0.111. The molecule has 2 heterocycles. The number of nitrogens with one attached hydrogen (secondary N) is 1. The molecule has 0 fully saturated rings. The minimum absolute atomic E-state index is 0.124. The highest BCUT2D eigenvalue weighted by Gasteiger charge is 2.01. The van der Waals surface area contributed by atoms with Gasteiger partial charge in [0.25, 0.3) is 0 Å². The second kappa shape index (κ2) is 2.90. The molecule has 2 aromatic heterocycles. The van der Waals surface area contributed by atoms with Gasteiger partial charge >= 0.3 is 0 Å². The predicted molar refractivity (Wildman–Crippen MR) is 48.9 cm³/mol. The van der Waals surface area contributed by atoms with Crippen molar-refractivity contribution in [2.45, 2.75) is 0 Å². The third-order valence-electron chi connectivity index (χ3n) is 1.81. The Bertz CT molecular complexity index is 490. The molecule has 0 unspecified atom stereocenters. The Morgan fingerprint density at radius 3 is 3.00 bits per heavy atom. The lowest BCUT2D eigenvalue weighted by Gasteiger charge is -2.01. The summed E-state index contributed by atoms with van der Waals surface area (Å²) in [4.78, 5) is 17.7. The summed E-state index contributed by atoms with van der Waals surface area (Å²) in [5, 5.41) is 0.810. The van der Waals surface area contributed by atoms with Crippen molar-refractivity contribution in [2.24, 2.45) is 0 Å². The molecule has 0 aromatic carbocycles. The Labute approximate surface area is 74.2 Å². The highest BCUT2D eigenvalue weighted by molar-refractivity contribution is 5.82. The largest absolute Gasteiger partial charge is 0.481 e. The average Bonchev–Trinajstić information content (AvgIpc) is 2.16. The van der Waals surface area contributed by atoms with Crippen molar-refractivity contribution in [1.82, 2.24) is 9.97 Å². The van der Waals surface area contributed by atoms with Gasteiger partial charge in [-0.3, -0.25) is 4.79 Å². The molecule has 0 radical (unpaired) electrons. The summed E-state index contributed by atoms with van der Waals surface area (Å²) in [6, 6.07) is 4.88. The Balaban J connectivity index is 2.85. The number of H-pyrrole nitrogens is 1. The molecule has 0 saturated heterocycles. The van der Waals surface area contributed by atoms with Gasteiger partial charge in [-0.15, -0.1) is 0 Å². The molecule has 0 spiro atoms. The zero-order chi connectivity index (χ0) is 9.26. The number of aromatic nitrogens is 2. The summed E-state index contributed by atoms with van der Waals surface area (Å²) in [5.74, 6) is 0.522. The first-order valence-electron chi connectivity index (χ1n) is 3.83. The normalized spacial score (nSPS) is 10.2. The Hall–Kier alpha value is -1.84. The summed E-state index contributed by atoms with van der Waals surface area (Å²) in [7, 11) is 1.55. The van der Waals surface area contributed by atoms with Gasteiger partial charge in [-0.2, -0.15) is 0 Å². The van der Waals surface area contributed by atoms with Gasteiger partial charge in [0.2, 0.25) is 11.4 Å². The average molecular weight is 176 g/mol. The zero-order valence-corrected chi connectivity index (χ0v) is 7.07. The van der Waals surface area contributed by atoms with E-state index in [1.165, 1.54) is 6.07 Å². The van der Waals surface area contributed by atoms with Gasteiger partial charge in [0, 0.05) is 12.3 Å². The first-order chi connectivity index (χ1) is 6.31. The van der Waals surface area contributed by atoms with E-state index < -0.39 is 0 Å². The third-order valence-corrected chi connectivity index (χ3v) is 1.81. The van der Waals surface area contributed by atoms with E-state index in [0.717, 1.165) is 10.9 Å². The number of pyridine rings is 2. The number of fused-ring (bicyclic) bond motifs is 1. The Morgan fingerprint density at radius 2 is 2.23 bits per heavy atom. The van der Waals surface area contributed by atoms with Crippen molar-refractivity contribution in [2.75, 3.05) is 7.11 Å². The van der Waals surface area contributed by atoms with Crippen molar-refractivity contribution in [1.29, 1.82) is 0 Å². The number of nitrogens with zero attached hydrogens (tertiary/aromatic N) is 1. The van der Waals surface area contributed by atoms with Gasteiger partial charge < -0.3 is 9.72 Å². The number of aromatic amines is 1. The van der Waals surface area contributed by atoms with Crippen LogP contribution in [0, 0.1) is 0 Å². The maximum atomic E-state index is 11.0. The minimum Gasteiger partial charge on any atom is -0.481 e. The molecule has 0 amide bonds. The molecule has 1 N–H and O–H groups in total. The Kier molecular flexibility index (Phi) is 1.73. The maximum absolute atomic E-state index is 11.0. The molecule has 0 aliphatic rings. The maximum Gasteiger partial charge on any atom is 0.248 e. The van der Waals surface area contributed by atoms with Crippen LogP contribution in [0.2, 0.25) is 0 Å². The topological polar surface area (TPSA) is 55.0 Å². The van der Waals surface area contributed by atoms with E-state index in [9.17, 15) is 4.79 Å². The van der Waals surface area contributed by atoms with E-state index >= 15 is 0 Å². The molecule has 0 aliphatic carbocycles. The van der Waals surface area contributed by atoms with Crippen LogP contribution in [0.3, 0.4) is 0 Å².